The molecule has 0 N–H and O–H groups in total. The van der Waals surface area contributed by atoms with Gasteiger partial charge in [0.15, 0.2) is 0 Å². The van der Waals surface area contributed by atoms with Crippen LogP contribution in [0.25, 0.3) is 0 Å². The van der Waals surface area contributed by atoms with Crippen molar-refractivity contribution in [2.75, 3.05) is 44.8 Å². The van der Waals surface area contributed by atoms with Crippen LogP contribution in [0.4, 0.5) is 18.9 Å². The van der Waals surface area contributed by atoms with Crippen LogP contribution in [-0.4, -0.2) is 70.9 Å². The summed E-state index contributed by atoms with van der Waals surface area (Å²) in [6.07, 6.45) is -2.19. The number of carbonyl (C=O) groups is 1. The molecule has 12 heteroatoms. The Morgan fingerprint density at radius 1 is 1.36 bits per heavy atom. The molecule has 2 aliphatic heterocycles. The number of fused-ring (bicyclic) bond motifs is 1. The molecule has 1 aromatic heterocycles. The first-order valence-electron chi connectivity index (χ1n) is 10.6. The lowest BCUT2D eigenvalue weighted by molar-refractivity contribution is -0.138. The Morgan fingerprint density at radius 2 is 2.18 bits per heavy atom. The highest BCUT2D eigenvalue weighted by Crippen LogP contribution is 2.45. The number of piperidine rings is 1. The normalized spacial score (nSPS) is 22.8. The molecule has 4 rings (SSSR count). The van der Waals surface area contributed by atoms with Gasteiger partial charge in [0.1, 0.15) is 6.33 Å². The van der Waals surface area contributed by atoms with E-state index in [1.807, 2.05) is 9.80 Å². The smallest absolute Gasteiger partial charge is 0.384 e. The zero-order valence-corrected chi connectivity index (χ0v) is 18.1. The summed E-state index contributed by atoms with van der Waals surface area (Å²) >= 11 is 0. The number of hydrogen-bond donors (Lipinski definition) is 0. The van der Waals surface area contributed by atoms with Gasteiger partial charge in [-0.2, -0.15) is 18.4 Å². The summed E-state index contributed by atoms with van der Waals surface area (Å²) in [5.41, 5.74) is -1.16. The second-order valence-corrected chi connectivity index (χ2v) is 8.62. The number of nitrogens with zero attached hydrogens (tertiary/aromatic N) is 7. The molecule has 9 nitrogen and oxygen atoms in total. The Hall–Kier alpha value is -3.20. The molecule has 2 aliphatic rings. The predicted octanol–water partition coefficient (Wildman–Crippen LogP) is 1.96. The molecule has 0 aliphatic carbocycles. The monoisotopic (exact) mass is 463 g/mol. The predicted molar refractivity (Wildman–Crippen MR) is 110 cm³/mol. The molecule has 2 fully saturated rings. The van der Waals surface area contributed by atoms with E-state index in [-0.39, 0.29) is 23.7 Å². The lowest BCUT2D eigenvalue weighted by Gasteiger charge is -2.43. The van der Waals surface area contributed by atoms with Crippen molar-refractivity contribution in [3.05, 3.63) is 35.7 Å². The standard InChI is InChI=1S/C21H24F3N7O2/c1-33-13-20-5-7-29(19(32)4-6-31-14-26-27-28-31)10-16(20)11-30(12-20)17-3-2-15(9-25)18(8-17)21(22,23)24/h2-3,8,14,16H,4-7,10-13H2,1H3. The van der Waals surface area contributed by atoms with Crippen LogP contribution in [0.2, 0.25) is 0 Å². The van der Waals surface area contributed by atoms with Crippen molar-refractivity contribution in [3.63, 3.8) is 0 Å². The zero-order valence-electron chi connectivity index (χ0n) is 18.1. The van der Waals surface area contributed by atoms with Gasteiger partial charge in [-0.05, 0) is 35.0 Å². The lowest BCUT2D eigenvalue weighted by atomic mass is 9.73. The van der Waals surface area contributed by atoms with Gasteiger partial charge >= 0.3 is 6.18 Å². The molecule has 2 saturated heterocycles. The van der Waals surface area contributed by atoms with Crippen molar-refractivity contribution in [2.45, 2.75) is 25.6 Å². The minimum atomic E-state index is -4.61. The summed E-state index contributed by atoms with van der Waals surface area (Å²) in [6, 6.07) is 5.44. The molecule has 1 amide bonds. The average molecular weight is 463 g/mol. The van der Waals surface area contributed by atoms with Gasteiger partial charge in [0.2, 0.25) is 5.91 Å². The number of amides is 1. The fourth-order valence-corrected chi connectivity index (χ4v) is 4.94. The number of benzene rings is 1. The summed E-state index contributed by atoms with van der Waals surface area (Å²) in [7, 11) is 1.61. The molecule has 2 atom stereocenters. The summed E-state index contributed by atoms with van der Waals surface area (Å²) in [5.74, 6) is 0.0425. The molecule has 3 heterocycles. The van der Waals surface area contributed by atoms with E-state index in [0.29, 0.717) is 51.4 Å². The van der Waals surface area contributed by atoms with Crippen molar-refractivity contribution < 1.29 is 22.7 Å². The summed E-state index contributed by atoms with van der Waals surface area (Å²) in [4.78, 5) is 16.5. The van der Waals surface area contributed by atoms with Gasteiger partial charge in [0, 0.05) is 56.7 Å². The Balaban J connectivity index is 1.50. The van der Waals surface area contributed by atoms with E-state index in [4.69, 9.17) is 10.00 Å². The maximum Gasteiger partial charge on any atom is 0.417 e. The Labute approximate surface area is 188 Å². The van der Waals surface area contributed by atoms with Crippen molar-refractivity contribution in [1.29, 1.82) is 5.26 Å². The highest BCUT2D eigenvalue weighted by atomic mass is 19.4. The Morgan fingerprint density at radius 3 is 2.85 bits per heavy atom. The molecule has 0 saturated carbocycles. The van der Waals surface area contributed by atoms with Crippen LogP contribution in [0.15, 0.2) is 24.5 Å². The third kappa shape index (κ3) is 4.64. The molecule has 2 aromatic rings. The number of aryl methyl sites for hydroxylation is 1. The number of tetrazole rings is 1. The van der Waals surface area contributed by atoms with Gasteiger partial charge in [-0.3, -0.25) is 4.79 Å². The highest BCUT2D eigenvalue weighted by molar-refractivity contribution is 5.76. The van der Waals surface area contributed by atoms with Crippen LogP contribution in [0.1, 0.15) is 24.0 Å². The second kappa shape index (κ2) is 8.97. The number of carbonyl (C=O) groups excluding carboxylic acids is 1. The lowest BCUT2D eigenvalue weighted by Crippen LogP contribution is -2.51. The number of anilines is 1. The summed E-state index contributed by atoms with van der Waals surface area (Å²) in [6.45, 7) is 2.95. The first-order valence-corrected chi connectivity index (χ1v) is 10.6. The SMILES string of the molecule is COCC12CCN(C(=O)CCn3cnnn3)CC1CN(c1ccc(C#N)c(C(F)(F)F)c1)C2. The number of hydrogen-bond acceptors (Lipinski definition) is 7. The van der Waals surface area contributed by atoms with Crippen molar-refractivity contribution in [1.82, 2.24) is 25.1 Å². The maximum atomic E-state index is 13.5. The number of alkyl halides is 3. The van der Waals surface area contributed by atoms with Crippen LogP contribution in [-0.2, 0) is 22.3 Å². The fraction of sp³-hybridized carbons (Fsp3) is 0.571. The van der Waals surface area contributed by atoms with Crippen LogP contribution in [0, 0.1) is 22.7 Å². The van der Waals surface area contributed by atoms with Crippen LogP contribution in [0.5, 0.6) is 0 Å². The van der Waals surface area contributed by atoms with Gasteiger partial charge in [-0.25, -0.2) is 4.68 Å². The largest absolute Gasteiger partial charge is 0.417 e. The van der Waals surface area contributed by atoms with Gasteiger partial charge in [0.05, 0.1) is 30.3 Å². The van der Waals surface area contributed by atoms with Crippen molar-refractivity contribution >= 4 is 11.6 Å². The number of methoxy groups -OCH3 is 1. The number of halogens is 3. The van der Waals surface area contributed by atoms with Crippen LogP contribution in [0.3, 0.4) is 0 Å². The Bertz CT molecular complexity index is 1040. The summed E-state index contributed by atoms with van der Waals surface area (Å²) < 4.78 is 47.4. The summed E-state index contributed by atoms with van der Waals surface area (Å²) in [5, 5.41) is 19.9. The van der Waals surface area contributed by atoms with Crippen LogP contribution < -0.4 is 4.90 Å². The van der Waals surface area contributed by atoms with Crippen LogP contribution >= 0.6 is 0 Å². The highest BCUT2D eigenvalue weighted by Gasteiger charge is 2.50. The minimum Gasteiger partial charge on any atom is -0.384 e. The van der Waals surface area contributed by atoms with Gasteiger partial charge < -0.3 is 14.5 Å². The molecule has 0 bridgehead atoms. The molecule has 33 heavy (non-hydrogen) atoms. The molecule has 176 valence electrons. The molecule has 1 aromatic carbocycles. The third-order valence-corrected chi connectivity index (χ3v) is 6.66. The first kappa shape index (κ1) is 23.0. The topological polar surface area (TPSA) is 100 Å². The van der Waals surface area contributed by atoms with Crippen molar-refractivity contribution in [2.24, 2.45) is 11.3 Å². The van der Waals surface area contributed by atoms with Gasteiger partial charge in [-0.15, -0.1) is 5.10 Å². The molecule has 0 radical (unpaired) electrons. The van der Waals surface area contributed by atoms with Gasteiger partial charge in [0.25, 0.3) is 0 Å². The molecule has 2 unspecified atom stereocenters. The van der Waals surface area contributed by atoms with E-state index in [1.54, 1.807) is 19.2 Å². The van der Waals surface area contributed by atoms with E-state index in [2.05, 4.69) is 15.5 Å². The van der Waals surface area contributed by atoms with Gasteiger partial charge in [-0.1, -0.05) is 0 Å². The molecular weight excluding hydrogens is 439 g/mol. The zero-order chi connectivity index (χ0) is 23.6. The van der Waals surface area contributed by atoms with E-state index in [1.165, 1.54) is 17.1 Å². The molecule has 0 spiro atoms. The van der Waals surface area contributed by atoms with Crippen molar-refractivity contribution in [3.8, 4) is 6.07 Å². The van der Waals surface area contributed by atoms with E-state index >= 15 is 0 Å². The number of rotatable bonds is 6. The maximum absolute atomic E-state index is 13.5. The van der Waals surface area contributed by atoms with E-state index in [9.17, 15) is 18.0 Å². The second-order valence-electron chi connectivity index (χ2n) is 8.62. The number of ether oxygens (including phenoxy) is 1. The average Bonchev–Trinajstić information content (AvgIpc) is 3.44. The first-order chi connectivity index (χ1) is 15.8. The quantitative estimate of drug-likeness (QED) is 0.646. The minimum absolute atomic E-state index is 0.00676. The Kier molecular flexibility index (Phi) is 6.25. The number of nitriles is 1. The van der Waals surface area contributed by atoms with E-state index < -0.39 is 17.3 Å². The van der Waals surface area contributed by atoms with E-state index in [0.717, 1.165) is 6.07 Å². The number of aromatic nitrogens is 4. The third-order valence-electron chi connectivity index (χ3n) is 6.66. The number of likely N-dealkylation sites (tertiary alicyclic amines) is 1. The molecular formula is C21H24F3N7O2. The fourth-order valence-electron chi connectivity index (χ4n) is 4.94.